The molecule has 0 aromatic carbocycles. The van der Waals surface area contributed by atoms with Crippen molar-refractivity contribution in [1.29, 1.82) is 0 Å². The molecular formula is C13H21NS. The SMILES string of the molecule is CC(C)C1(c2cccs2)CCCCCN1. The van der Waals surface area contributed by atoms with Crippen molar-refractivity contribution in [2.45, 2.75) is 45.1 Å². The molecule has 1 aliphatic rings. The summed E-state index contributed by atoms with van der Waals surface area (Å²) < 4.78 is 0. The van der Waals surface area contributed by atoms with Crippen LogP contribution in [0.2, 0.25) is 0 Å². The monoisotopic (exact) mass is 223 g/mol. The number of hydrogen-bond donors (Lipinski definition) is 1. The van der Waals surface area contributed by atoms with Crippen LogP contribution >= 0.6 is 11.3 Å². The van der Waals surface area contributed by atoms with Crippen LogP contribution in [0.4, 0.5) is 0 Å². The maximum atomic E-state index is 3.81. The van der Waals surface area contributed by atoms with Crippen molar-refractivity contribution >= 4 is 11.3 Å². The number of hydrogen-bond acceptors (Lipinski definition) is 2. The molecule has 0 amide bonds. The largest absolute Gasteiger partial charge is 0.307 e. The predicted octanol–water partition coefficient (Wildman–Crippen LogP) is 3.76. The van der Waals surface area contributed by atoms with Gasteiger partial charge in [-0.05, 0) is 36.8 Å². The first-order valence-electron chi connectivity index (χ1n) is 6.05. The van der Waals surface area contributed by atoms with Gasteiger partial charge in [-0.15, -0.1) is 11.3 Å². The minimum atomic E-state index is 0.255. The molecule has 1 aromatic heterocycles. The molecular weight excluding hydrogens is 202 g/mol. The lowest BCUT2D eigenvalue weighted by Crippen LogP contribution is -2.45. The van der Waals surface area contributed by atoms with Gasteiger partial charge >= 0.3 is 0 Å². The van der Waals surface area contributed by atoms with Crippen LogP contribution in [-0.2, 0) is 5.54 Å². The molecule has 1 saturated heterocycles. The highest BCUT2D eigenvalue weighted by Crippen LogP contribution is 2.38. The lowest BCUT2D eigenvalue weighted by molar-refractivity contribution is 0.236. The van der Waals surface area contributed by atoms with Gasteiger partial charge in [0.2, 0.25) is 0 Å². The summed E-state index contributed by atoms with van der Waals surface area (Å²) in [6.45, 7) is 5.87. The zero-order chi connectivity index (χ0) is 10.7. The highest BCUT2D eigenvalue weighted by Gasteiger charge is 2.36. The fourth-order valence-corrected chi connectivity index (χ4v) is 3.71. The maximum absolute atomic E-state index is 3.81. The normalized spacial score (nSPS) is 27.9. The maximum Gasteiger partial charge on any atom is 0.0551 e. The van der Waals surface area contributed by atoms with Crippen molar-refractivity contribution < 1.29 is 0 Å². The molecule has 0 radical (unpaired) electrons. The zero-order valence-corrected chi connectivity index (χ0v) is 10.6. The number of nitrogens with one attached hydrogen (secondary N) is 1. The molecule has 1 nitrogen and oxygen atoms in total. The molecule has 2 rings (SSSR count). The Labute approximate surface area is 96.9 Å². The fourth-order valence-electron chi connectivity index (χ4n) is 2.63. The van der Waals surface area contributed by atoms with Gasteiger partial charge in [-0.25, -0.2) is 0 Å². The summed E-state index contributed by atoms with van der Waals surface area (Å²) in [6, 6.07) is 4.47. The van der Waals surface area contributed by atoms with Crippen LogP contribution in [0.25, 0.3) is 0 Å². The highest BCUT2D eigenvalue weighted by molar-refractivity contribution is 7.10. The molecule has 1 aromatic rings. The van der Waals surface area contributed by atoms with Crippen LogP contribution in [0.15, 0.2) is 17.5 Å². The summed E-state index contributed by atoms with van der Waals surface area (Å²) in [6.07, 6.45) is 5.38. The Morgan fingerprint density at radius 3 is 2.87 bits per heavy atom. The van der Waals surface area contributed by atoms with Crippen molar-refractivity contribution in [2.24, 2.45) is 5.92 Å². The van der Waals surface area contributed by atoms with Gasteiger partial charge in [-0.1, -0.05) is 32.8 Å². The molecule has 0 aliphatic carbocycles. The van der Waals surface area contributed by atoms with Gasteiger partial charge in [0.25, 0.3) is 0 Å². The van der Waals surface area contributed by atoms with Gasteiger partial charge in [0, 0.05) is 4.88 Å². The van der Waals surface area contributed by atoms with E-state index >= 15 is 0 Å². The van der Waals surface area contributed by atoms with Crippen molar-refractivity contribution in [3.8, 4) is 0 Å². The van der Waals surface area contributed by atoms with E-state index in [2.05, 4.69) is 36.7 Å². The summed E-state index contributed by atoms with van der Waals surface area (Å²) in [4.78, 5) is 1.53. The Balaban J connectivity index is 2.30. The van der Waals surface area contributed by atoms with Crippen molar-refractivity contribution in [2.75, 3.05) is 6.54 Å². The first kappa shape index (κ1) is 11.2. The Bertz CT molecular complexity index is 281. The third-order valence-corrected chi connectivity index (χ3v) is 4.68. The van der Waals surface area contributed by atoms with E-state index in [9.17, 15) is 0 Å². The van der Waals surface area contributed by atoms with Gasteiger partial charge < -0.3 is 5.32 Å². The second-order valence-electron chi connectivity index (χ2n) is 4.84. The zero-order valence-electron chi connectivity index (χ0n) is 9.75. The Kier molecular flexibility index (Phi) is 3.47. The van der Waals surface area contributed by atoms with Crippen LogP contribution in [-0.4, -0.2) is 6.54 Å². The van der Waals surface area contributed by atoms with Crippen LogP contribution in [0.3, 0.4) is 0 Å². The number of rotatable bonds is 2. The van der Waals surface area contributed by atoms with E-state index in [0.29, 0.717) is 5.92 Å². The van der Waals surface area contributed by atoms with E-state index in [-0.39, 0.29) is 5.54 Å². The standard InChI is InChI=1S/C13H21NS/c1-11(2)13(12-7-6-10-15-12)8-4-3-5-9-14-13/h6-7,10-11,14H,3-5,8-9H2,1-2H3. The molecule has 0 spiro atoms. The predicted molar refractivity (Wildman–Crippen MR) is 67.3 cm³/mol. The first-order chi connectivity index (χ1) is 7.26. The lowest BCUT2D eigenvalue weighted by atomic mass is 9.81. The molecule has 1 fully saturated rings. The quantitative estimate of drug-likeness (QED) is 0.805. The van der Waals surface area contributed by atoms with Crippen molar-refractivity contribution in [1.82, 2.24) is 5.32 Å². The second kappa shape index (κ2) is 4.67. The molecule has 1 N–H and O–H groups in total. The van der Waals surface area contributed by atoms with Gasteiger partial charge in [0.1, 0.15) is 0 Å². The van der Waals surface area contributed by atoms with Gasteiger partial charge in [-0.2, -0.15) is 0 Å². The summed E-state index contributed by atoms with van der Waals surface area (Å²) in [7, 11) is 0. The van der Waals surface area contributed by atoms with Crippen molar-refractivity contribution in [3.63, 3.8) is 0 Å². The Morgan fingerprint density at radius 1 is 1.33 bits per heavy atom. The molecule has 2 heteroatoms. The summed E-state index contributed by atoms with van der Waals surface area (Å²) in [5.41, 5.74) is 0.255. The second-order valence-corrected chi connectivity index (χ2v) is 5.79. The summed E-state index contributed by atoms with van der Waals surface area (Å²) in [5.74, 6) is 0.675. The lowest BCUT2D eigenvalue weighted by Gasteiger charge is -2.37. The topological polar surface area (TPSA) is 12.0 Å². The third kappa shape index (κ3) is 2.11. The van der Waals surface area contributed by atoms with E-state index in [1.165, 1.54) is 37.1 Å². The fraction of sp³-hybridized carbons (Fsp3) is 0.692. The first-order valence-corrected chi connectivity index (χ1v) is 6.93. The van der Waals surface area contributed by atoms with E-state index in [1.54, 1.807) is 0 Å². The van der Waals surface area contributed by atoms with Gasteiger partial charge in [0.15, 0.2) is 0 Å². The van der Waals surface area contributed by atoms with Crippen LogP contribution < -0.4 is 5.32 Å². The third-order valence-electron chi connectivity index (χ3n) is 3.63. The molecule has 0 bridgehead atoms. The molecule has 1 atom stereocenters. The van der Waals surface area contributed by atoms with Crippen LogP contribution in [0.5, 0.6) is 0 Å². The van der Waals surface area contributed by atoms with Gasteiger partial charge in [0.05, 0.1) is 5.54 Å². The minimum absolute atomic E-state index is 0.255. The highest BCUT2D eigenvalue weighted by atomic mass is 32.1. The average molecular weight is 223 g/mol. The van der Waals surface area contributed by atoms with Crippen LogP contribution in [0.1, 0.15) is 44.4 Å². The van der Waals surface area contributed by atoms with E-state index < -0.39 is 0 Å². The molecule has 1 unspecified atom stereocenters. The molecule has 15 heavy (non-hydrogen) atoms. The molecule has 2 heterocycles. The van der Waals surface area contributed by atoms with E-state index in [4.69, 9.17) is 0 Å². The molecule has 0 saturated carbocycles. The van der Waals surface area contributed by atoms with E-state index in [1.807, 2.05) is 11.3 Å². The van der Waals surface area contributed by atoms with Crippen molar-refractivity contribution in [3.05, 3.63) is 22.4 Å². The average Bonchev–Trinajstić information content (AvgIpc) is 2.63. The molecule has 84 valence electrons. The van der Waals surface area contributed by atoms with Gasteiger partial charge in [-0.3, -0.25) is 0 Å². The van der Waals surface area contributed by atoms with Crippen LogP contribution in [0, 0.1) is 5.92 Å². The molecule has 1 aliphatic heterocycles. The summed E-state index contributed by atoms with van der Waals surface area (Å²) in [5, 5.41) is 6.01. The Hall–Kier alpha value is -0.340. The summed E-state index contributed by atoms with van der Waals surface area (Å²) >= 11 is 1.90. The smallest absolute Gasteiger partial charge is 0.0551 e. The number of thiophene rings is 1. The van der Waals surface area contributed by atoms with E-state index in [0.717, 1.165) is 0 Å². The Morgan fingerprint density at radius 2 is 2.20 bits per heavy atom. The minimum Gasteiger partial charge on any atom is -0.307 e.